The van der Waals surface area contributed by atoms with Gasteiger partial charge in [0.2, 0.25) is 0 Å². The van der Waals surface area contributed by atoms with E-state index in [9.17, 15) is 5.11 Å². The highest BCUT2D eigenvalue weighted by Crippen LogP contribution is 2.43. The van der Waals surface area contributed by atoms with Gasteiger partial charge in [-0.05, 0) is 44.9 Å². The summed E-state index contributed by atoms with van der Waals surface area (Å²) < 4.78 is 0. The lowest BCUT2D eigenvalue weighted by molar-refractivity contribution is 0.477. The molecule has 158 valence electrons. The molecule has 0 aromatic heterocycles. The molecule has 30 heavy (non-hydrogen) atoms. The molecule has 0 aliphatic heterocycles. The number of rotatable bonds is 3. The van der Waals surface area contributed by atoms with E-state index in [0.717, 1.165) is 16.5 Å². The zero-order valence-electron chi connectivity index (χ0n) is 19.5. The number of phenolic OH excluding ortho intramolecular Hbond substituents is 1. The predicted octanol–water partition coefficient (Wildman–Crippen LogP) is 8.68. The van der Waals surface area contributed by atoms with Crippen LogP contribution in [0.4, 0.5) is 11.4 Å². The van der Waals surface area contributed by atoms with Crippen molar-refractivity contribution in [1.29, 1.82) is 0 Å². The van der Waals surface area contributed by atoms with Gasteiger partial charge in [0.05, 0.1) is 5.69 Å². The van der Waals surface area contributed by atoms with E-state index in [1.807, 2.05) is 30.3 Å². The predicted molar refractivity (Wildman–Crippen MR) is 128 cm³/mol. The average molecular weight is 403 g/mol. The standard InChI is InChI=1S/C27H34N2O/c1-17(2)21-15-19(26(3,4)5)16-22(27(6,7)8)24(21)28-29-25-20-12-10-9-11-18(20)13-14-23(25)30/h9-17,30H,1-8H3. The number of hydrogen-bond donors (Lipinski definition) is 1. The van der Waals surface area contributed by atoms with E-state index in [1.54, 1.807) is 6.07 Å². The van der Waals surface area contributed by atoms with Crippen molar-refractivity contribution in [2.75, 3.05) is 0 Å². The van der Waals surface area contributed by atoms with Crippen molar-refractivity contribution in [1.82, 2.24) is 0 Å². The van der Waals surface area contributed by atoms with Crippen LogP contribution < -0.4 is 0 Å². The summed E-state index contributed by atoms with van der Waals surface area (Å²) in [5.74, 6) is 0.454. The van der Waals surface area contributed by atoms with Gasteiger partial charge in [0.15, 0.2) is 0 Å². The van der Waals surface area contributed by atoms with Crippen LogP contribution in [0.3, 0.4) is 0 Å². The fraction of sp³-hybridized carbons (Fsp3) is 0.407. The maximum absolute atomic E-state index is 10.5. The summed E-state index contributed by atoms with van der Waals surface area (Å²) in [6.45, 7) is 17.8. The Kier molecular flexibility index (Phi) is 5.77. The molecule has 0 aliphatic carbocycles. The maximum Gasteiger partial charge on any atom is 0.143 e. The van der Waals surface area contributed by atoms with Gasteiger partial charge in [-0.25, -0.2) is 0 Å². The van der Waals surface area contributed by atoms with Gasteiger partial charge in [-0.1, -0.05) is 97.9 Å². The molecular formula is C27H34N2O. The molecular weight excluding hydrogens is 368 g/mol. The molecule has 0 spiro atoms. The number of phenols is 1. The molecule has 0 heterocycles. The highest BCUT2D eigenvalue weighted by atomic mass is 16.3. The zero-order chi connectivity index (χ0) is 22.3. The zero-order valence-corrected chi connectivity index (χ0v) is 19.5. The van der Waals surface area contributed by atoms with Crippen molar-refractivity contribution < 1.29 is 5.11 Å². The van der Waals surface area contributed by atoms with Crippen molar-refractivity contribution in [3.63, 3.8) is 0 Å². The van der Waals surface area contributed by atoms with E-state index >= 15 is 0 Å². The number of benzene rings is 3. The van der Waals surface area contributed by atoms with Gasteiger partial charge in [-0.15, -0.1) is 10.2 Å². The Hall–Kier alpha value is -2.68. The molecule has 0 amide bonds. The fourth-order valence-corrected chi connectivity index (χ4v) is 3.66. The summed E-state index contributed by atoms with van der Waals surface area (Å²) >= 11 is 0. The Balaban J connectivity index is 2.27. The summed E-state index contributed by atoms with van der Waals surface area (Å²) in [4.78, 5) is 0. The third kappa shape index (κ3) is 4.40. The second kappa shape index (κ2) is 7.86. The minimum absolute atomic E-state index is 0.0488. The normalized spacial score (nSPS) is 13.0. The van der Waals surface area contributed by atoms with Crippen molar-refractivity contribution in [3.05, 3.63) is 65.2 Å². The minimum Gasteiger partial charge on any atom is -0.506 e. The summed E-state index contributed by atoms with van der Waals surface area (Å²) in [5.41, 5.74) is 5.08. The van der Waals surface area contributed by atoms with Crippen molar-refractivity contribution in [3.8, 4) is 5.75 Å². The largest absolute Gasteiger partial charge is 0.506 e. The molecule has 3 aromatic carbocycles. The molecule has 0 radical (unpaired) electrons. The third-order valence-corrected chi connectivity index (χ3v) is 5.56. The van der Waals surface area contributed by atoms with Crippen LogP contribution >= 0.6 is 0 Å². The third-order valence-electron chi connectivity index (χ3n) is 5.56. The van der Waals surface area contributed by atoms with Crippen LogP contribution in [-0.2, 0) is 10.8 Å². The first-order chi connectivity index (χ1) is 13.9. The van der Waals surface area contributed by atoms with Gasteiger partial charge in [0.1, 0.15) is 11.4 Å². The second-order valence-corrected chi connectivity index (χ2v) is 10.5. The molecule has 0 saturated heterocycles. The second-order valence-electron chi connectivity index (χ2n) is 10.5. The van der Waals surface area contributed by atoms with Gasteiger partial charge in [-0.2, -0.15) is 0 Å². The molecule has 0 atom stereocenters. The van der Waals surface area contributed by atoms with Crippen LogP contribution in [0.15, 0.2) is 58.8 Å². The van der Waals surface area contributed by atoms with Crippen LogP contribution in [0.5, 0.6) is 5.75 Å². The van der Waals surface area contributed by atoms with E-state index in [-0.39, 0.29) is 16.6 Å². The van der Waals surface area contributed by atoms with E-state index in [2.05, 4.69) is 72.6 Å². The summed E-state index contributed by atoms with van der Waals surface area (Å²) in [7, 11) is 0. The monoisotopic (exact) mass is 402 g/mol. The fourth-order valence-electron chi connectivity index (χ4n) is 3.66. The number of fused-ring (bicyclic) bond motifs is 1. The summed E-state index contributed by atoms with van der Waals surface area (Å²) in [5, 5.41) is 21.8. The average Bonchev–Trinajstić information content (AvgIpc) is 2.65. The number of nitrogens with zero attached hydrogens (tertiary/aromatic N) is 2. The lowest BCUT2D eigenvalue weighted by Gasteiger charge is -2.28. The summed E-state index contributed by atoms with van der Waals surface area (Å²) in [6.07, 6.45) is 0. The van der Waals surface area contributed by atoms with Crippen LogP contribution in [-0.4, -0.2) is 5.11 Å². The first kappa shape index (κ1) is 22.0. The van der Waals surface area contributed by atoms with Gasteiger partial charge in [0.25, 0.3) is 0 Å². The van der Waals surface area contributed by atoms with Crippen molar-refractivity contribution >= 4 is 22.1 Å². The molecule has 0 saturated carbocycles. The quantitative estimate of drug-likeness (QED) is 0.437. The molecule has 3 nitrogen and oxygen atoms in total. The van der Waals surface area contributed by atoms with Gasteiger partial charge in [0, 0.05) is 5.39 Å². The van der Waals surface area contributed by atoms with Gasteiger partial charge in [-0.3, -0.25) is 0 Å². The van der Waals surface area contributed by atoms with E-state index < -0.39 is 0 Å². The molecule has 1 N–H and O–H groups in total. The van der Waals surface area contributed by atoms with E-state index in [0.29, 0.717) is 11.6 Å². The van der Waals surface area contributed by atoms with Crippen LogP contribution in [0.25, 0.3) is 10.8 Å². The van der Waals surface area contributed by atoms with Gasteiger partial charge < -0.3 is 5.11 Å². The van der Waals surface area contributed by atoms with Gasteiger partial charge >= 0.3 is 0 Å². The van der Waals surface area contributed by atoms with Crippen molar-refractivity contribution in [2.24, 2.45) is 10.2 Å². The van der Waals surface area contributed by atoms with Crippen LogP contribution in [0, 0.1) is 0 Å². The smallest absolute Gasteiger partial charge is 0.143 e. The molecule has 0 bridgehead atoms. The minimum atomic E-state index is -0.0833. The molecule has 3 rings (SSSR count). The highest BCUT2D eigenvalue weighted by molar-refractivity contribution is 5.95. The Morgan fingerprint density at radius 3 is 2.00 bits per heavy atom. The highest BCUT2D eigenvalue weighted by Gasteiger charge is 2.26. The molecule has 3 aromatic rings. The number of hydrogen-bond acceptors (Lipinski definition) is 3. The number of azo groups is 1. The Morgan fingerprint density at radius 2 is 1.40 bits per heavy atom. The Morgan fingerprint density at radius 1 is 0.767 bits per heavy atom. The topological polar surface area (TPSA) is 45.0 Å². The molecule has 0 fully saturated rings. The first-order valence-corrected chi connectivity index (χ1v) is 10.7. The van der Waals surface area contributed by atoms with Crippen LogP contribution in [0.2, 0.25) is 0 Å². The van der Waals surface area contributed by atoms with Crippen LogP contribution in [0.1, 0.15) is 78.0 Å². The van der Waals surface area contributed by atoms with E-state index in [4.69, 9.17) is 5.11 Å². The summed E-state index contributed by atoms with van der Waals surface area (Å²) in [6, 6.07) is 16.1. The number of aromatic hydroxyl groups is 1. The molecule has 3 heteroatoms. The lowest BCUT2D eigenvalue weighted by atomic mass is 9.77. The Bertz CT molecular complexity index is 1100. The first-order valence-electron chi connectivity index (χ1n) is 10.7. The maximum atomic E-state index is 10.5. The van der Waals surface area contributed by atoms with Crippen molar-refractivity contribution in [2.45, 2.75) is 72.1 Å². The lowest BCUT2D eigenvalue weighted by Crippen LogP contribution is -2.17. The Labute approximate surface area is 180 Å². The molecule has 0 aliphatic rings. The SMILES string of the molecule is CC(C)c1cc(C(C)(C)C)cc(C(C)(C)C)c1N=Nc1c(O)ccc2ccccc12. The molecule has 0 unspecified atom stereocenters. The van der Waals surface area contributed by atoms with E-state index in [1.165, 1.54) is 16.7 Å².